The molecule has 0 spiro atoms. The first kappa shape index (κ1) is 18.4. The van der Waals surface area contributed by atoms with Crippen molar-refractivity contribution in [3.05, 3.63) is 38.9 Å². The zero-order valence-corrected chi connectivity index (χ0v) is 15.8. The molecule has 1 aliphatic heterocycles. The van der Waals surface area contributed by atoms with E-state index in [-0.39, 0.29) is 32.3 Å². The lowest BCUT2D eigenvalue weighted by atomic mass is 10.2. The predicted octanol–water partition coefficient (Wildman–Crippen LogP) is 3.90. The first-order valence-electron chi connectivity index (χ1n) is 7.32. The first-order valence-corrected chi connectivity index (χ1v) is 8.94. The summed E-state index contributed by atoms with van der Waals surface area (Å²) in [6.45, 7) is 5.40. The van der Waals surface area contributed by atoms with E-state index in [1.165, 1.54) is 18.2 Å². The zero-order chi connectivity index (χ0) is 17.1. The summed E-state index contributed by atoms with van der Waals surface area (Å²) in [5, 5.41) is 10.8. The third kappa shape index (κ3) is 4.33. The van der Waals surface area contributed by atoms with E-state index >= 15 is 0 Å². The molecule has 0 radical (unpaired) electrons. The van der Waals surface area contributed by atoms with Gasteiger partial charge >= 0.3 is 0 Å². The summed E-state index contributed by atoms with van der Waals surface area (Å²) in [7, 11) is 0. The van der Waals surface area contributed by atoms with Gasteiger partial charge in [0.15, 0.2) is 0 Å². The summed E-state index contributed by atoms with van der Waals surface area (Å²) in [4.78, 5) is 24.6. The Balaban J connectivity index is 2.10. The maximum atomic E-state index is 12.7. The monoisotopic (exact) mass is 452 g/mol. The lowest BCUT2D eigenvalue weighted by molar-refractivity contribution is -0.384. The summed E-state index contributed by atoms with van der Waals surface area (Å²) in [6.07, 6.45) is 0.773. The number of nitro groups is 1. The minimum absolute atomic E-state index is 0.00114. The third-order valence-electron chi connectivity index (χ3n) is 3.56. The average molecular weight is 453 g/mol. The number of ether oxygens (including phenoxy) is 1. The average Bonchev–Trinajstić information content (AvgIpc) is 2.85. The van der Waals surface area contributed by atoms with Crippen LogP contribution in [0.2, 0.25) is 5.02 Å². The quantitative estimate of drug-likeness (QED) is 0.223. The highest BCUT2D eigenvalue weighted by Crippen LogP contribution is 2.31. The highest BCUT2D eigenvalue weighted by Gasteiger charge is 2.37. The maximum absolute atomic E-state index is 12.7. The molecule has 0 aromatic heterocycles. The van der Waals surface area contributed by atoms with Gasteiger partial charge in [-0.05, 0) is 18.4 Å². The molecule has 0 N–H and O–H groups in total. The Bertz CT molecular complexity index is 611. The molecule has 1 aromatic rings. The SMILES string of the molecule is CC(C)CO[C@H]1CCN(C(=O)c2ccc([N+](=O)[O-])cc2Cl)C1I. The van der Waals surface area contributed by atoms with Gasteiger partial charge in [0.25, 0.3) is 11.6 Å². The minimum Gasteiger partial charge on any atom is -0.375 e. The van der Waals surface area contributed by atoms with Crippen molar-refractivity contribution in [2.45, 2.75) is 30.4 Å². The number of nitro benzene ring substituents is 1. The van der Waals surface area contributed by atoms with Crippen LogP contribution in [0.25, 0.3) is 0 Å². The van der Waals surface area contributed by atoms with E-state index in [4.69, 9.17) is 16.3 Å². The van der Waals surface area contributed by atoms with E-state index in [2.05, 4.69) is 36.4 Å². The van der Waals surface area contributed by atoms with Gasteiger partial charge in [-0.15, -0.1) is 0 Å². The second-order valence-corrected chi connectivity index (χ2v) is 7.53. The van der Waals surface area contributed by atoms with Gasteiger partial charge in [-0.2, -0.15) is 0 Å². The lowest BCUT2D eigenvalue weighted by Crippen LogP contribution is -2.36. The van der Waals surface area contributed by atoms with Gasteiger partial charge in [-0.3, -0.25) is 14.9 Å². The van der Waals surface area contributed by atoms with E-state index in [1.807, 2.05) is 0 Å². The Morgan fingerprint density at radius 3 is 2.83 bits per heavy atom. The third-order valence-corrected chi connectivity index (χ3v) is 5.34. The van der Waals surface area contributed by atoms with Gasteiger partial charge in [0.05, 0.1) is 21.6 Å². The number of carbonyl (C=O) groups is 1. The van der Waals surface area contributed by atoms with Crippen molar-refractivity contribution in [2.75, 3.05) is 13.2 Å². The number of non-ortho nitro benzene ring substituents is 1. The Morgan fingerprint density at radius 2 is 2.26 bits per heavy atom. The second kappa shape index (κ2) is 7.76. The Kier molecular flexibility index (Phi) is 6.21. The molecule has 1 aromatic carbocycles. The predicted molar refractivity (Wildman–Crippen MR) is 96.1 cm³/mol. The molecule has 2 atom stereocenters. The number of carbonyl (C=O) groups excluding carboxylic acids is 1. The molecule has 1 unspecified atom stereocenters. The van der Waals surface area contributed by atoms with Crippen LogP contribution in [0.4, 0.5) is 5.69 Å². The van der Waals surface area contributed by atoms with Crippen LogP contribution in [0.3, 0.4) is 0 Å². The number of hydrogen-bond donors (Lipinski definition) is 0. The van der Waals surface area contributed by atoms with E-state index in [1.54, 1.807) is 4.90 Å². The lowest BCUT2D eigenvalue weighted by Gasteiger charge is -2.24. The van der Waals surface area contributed by atoms with E-state index in [9.17, 15) is 14.9 Å². The maximum Gasteiger partial charge on any atom is 0.270 e. The molecular formula is C15H18ClIN2O4. The van der Waals surface area contributed by atoms with Gasteiger partial charge < -0.3 is 9.64 Å². The number of nitrogens with zero attached hydrogens (tertiary/aromatic N) is 2. The van der Waals surface area contributed by atoms with E-state index in [0.717, 1.165) is 6.42 Å². The van der Waals surface area contributed by atoms with Crippen LogP contribution in [0, 0.1) is 16.0 Å². The second-order valence-electron chi connectivity index (χ2n) is 5.85. The molecule has 1 amide bonds. The van der Waals surface area contributed by atoms with Crippen LogP contribution >= 0.6 is 34.2 Å². The smallest absolute Gasteiger partial charge is 0.270 e. The van der Waals surface area contributed by atoms with Gasteiger partial charge in [0.2, 0.25) is 0 Å². The van der Waals surface area contributed by atoms with Gasteiger partial charge in [0, 0.05) is 25.3 Å². The largest absolute Gasteiger partial charge is 0.375 e. The molecule has 126 valence electrons. The zero-order valence-electron chi connectivity index (χ0n) is 12.9. The molecule has 1 heterocycles. The summed E-state index contributed by atoms with van der Waals surface area (Å²) in [6, 6.07) is 3.92. The number of benzene rings is 1. The van der Waals surface area contributed by atoms with Crippen molar-refractivity contribution in [2.24, 2.45) is 5.92 Å². The Labute approximate surface area is 153 Å². The number of halogens is 2. The van der Waals surface area contributed by atoms with Crippen molar-refractivity contribution in [3.63, 3.8) is 0 Å². The summed E-state index contributed by atoms with van der Waals surface area (Å²) in [5.74, 6) is 0.215. The molecule has 0 aliphatic carbocycles. The Morgan fingerprint density at radius 1 is 1.57 bits per heavy atom. The molecular weight excluding hydrogens is 435 g/mol. The van der Waals surface area contributed by atoms with Gasteiger partial charge in [-0.1, -0.05) is 48.0 Å². The van der Waals surface area contributed by atoms with Crippen molar-refractivity contribution in [1.82, 2.24) is 4.90 Å². The molecule has 6 nitrogen and oxygen atoms in total. The number of amides is 1. The molecule has 1 fully saturated rings. The fourth-order valence-electron chi connectivity index (χ4n) is 2.37. The molecule has 0 bridgehead atoms. The van der Waals surface area contributed by atoms with Crippen LogP contribution < -0.4 is 0 Å². The van der Waals surface area contributed by atoms with Crippen LogP contribution in [0.5, 0.6) is 0 Å². The highest BCUT2D eigenvalue weighted by molar-refractivity contribution is 14.1. The molecule has 23 heavy (non-hydrogen) atoms. The number of likely N-dealkylation sites (tertiary alicyclic amines) is 1. The van der Waals surface area contributed by atoms with Crippen molar-refractivity contribution >= 4 is 45.8 Å². The number of rotatable bonds is 5. The molecule has 8 heteroatoms. The fourth-order valence-corrected chi connectivity index (χ4v) is 3.72. The normalized spacial score (nSPS) is 21.0. The standard InChI is InChI=1S/C15H18ClIN2O4/c1-9(2)8-23-13-5-6-18(14(13)17)15(20)11-4-3-10(19(21)22)7-12(11)16/h3-4,7,9,13-14H,5-6,8H2,1-2H3/t13-,14?/m0/s1. The van der Waals surface area contributed by atoms with Gasteiger partial charge in [0.1, 0.15) is 4.05 Å². The summed E-state index contributed by atoms with van der Waals surface area (Å²) >= 11 is 8.25. The summed E-state index contributed by atoms with van der Waals surface area (Å²) in [5.41, 5.74) is 0.153. The van der Waals surface area contributed by atoms with Crippen molar-refractivity contribution < 1.29 is 14.5 Å². The Hall–Kier alpha value is -0.930. The van der Waals surface area contributed by atoms with Crippen LogP contribution in [-0.4, -0.2) is 39.0 Å². The fraction of sp³-hybridized carbons (Fsp3) is 0.533. The molecule has 1 aliphatic rings. The van der Waals surface area contributed by atoms with E-state index in [0.29, 0.717) is 19.1 Å². The molecule has 0 saturated carbocycles. The minimum atomic E-state index is -0.535. The van der Waals surface area contributed by atoms with Gasteiger partial charge in [-0.25, -0.2) is 0 Å². The highest BCUT2D eigenvalue weighted by atomic mass is 127. The van der Waals surface area contributed by atoms with Crippen molar-refractivity contribution in [1.29, 1.82) is 0 Å². The number of hydrogen-bond acceptors (Lipinski definition) is 4. The first-order chi connectivity index (χ1) is 10.8. The van der Waals surface area contributed by atoms with Crippen LogP contribution in [-0.2, 0) is 4.74 Å². The molecule has 1 saturated heterocycles. The summed E-state index contributed by atoms with van der Waals surface area (Å²) < 4.78 is 5.77. The number of alkyl halides is 1. The molecule has 2 rings (SSSR count). The topological polar surface area (TPSA) is 72.7 Å². The van der Waals surface area contributed by atoms with Crippen molar-refractivity contribution in [3.8, 4) is 0 Å². The van der Waals surface area contributed by atoms with Crippen LogP contribution in [0.15, 0.2) is 18.2 Å². The van der Waals surface area contributed by atoms with E-state index < -0.39 is 4.92 Å². The van der Waals surface area contributed by atoms with Crippen LogP contribution in [0.1, 0.15) is 30.6 Å².